The third-order valence-electron chi connectivity index (χ3n) is 3.68. The van der Waals surface area contributed by atoms with E-state index in [1.165, 1.54) is 50.6 Å². The van der Waals surface area contributed by atoms with Gasteiger partial charge in [0.05, 0.1) is 17.9 Å². The number of aryl methyl sites for hydroxylation is 1. The van der Waals surface area contributed by atoms with E-state index >= 15 is 0 Å². The van der Waals surface area contributed by atoms with Crippen molar-refractivity contribution in [1.82, 2.24) is 20.3 Å². The molecule has 1 aromatic rings. The molecule has 1 rings (SSSR count). The van der Waals surface area contributed by atoms with Gasteiger partial charge in [-0.3, -0.25) is 0 Å². The quantitative estimate of drug-likeness (QED) is 0.586. The molecule has 4 nitrogen and oxygen atoms in total. The van der Waals surface area contributed by atoms with Gasteiger partial charge in [-0.15, -0.1) is 5.10 Å². The summed E-state index contributed by atoms with van der Waals surface area (Å²) in [7, 11) is 0. The van der Waals surface area contributed by atoms with E-state index in [9.17, 15) is 0 Å². The van der Waals surface area contributed by atoms with Gasteiger partial charge in [-0.05, 0) is 25.8 Å². The van der Waals surface area contributed by atoms with Crippen molar-refractivity contribution in [2.24, 2.45) is 0 Å². The van der Waals surface area contributed by atoms with Crippen LogP contribution in [0.15, 0.2) is 6.20 Å². The van der Waals surface area contributed by atoms with Crippen LogP contribution in [-0.2, 0) is 6.54 Å². The van der Waals surface area contributed by atoms with Crippen LogP contribution in [0.5, 0.6) is 0 Å². The number of nitrogens with zero attached hydrogens (tertiary/aromatic N) is 3. The van der Waals surface area contributed by atoms with Crippen molar-refractivity contribution in [1.29, 1.82) is 0 Å². The highest BCUT2D eigenvalue weighted by Gasteiger charge is 2.15. The van der Waals surface area contributed by atoms with Gasteiger partial charge in [0.25, 0.3) is 0 Å². The summed E-state index contributed by atoms with van der Waals surface area (Å²) < 4.78 is 2.07. The predicted molar refractivity (Wildman–Crippen MR) is 84.7 cm³/mol. The summed E-state index contributed by atoms with van der Waals surface area (Å²) in [6.45, 7) is 8.70. The van der Waals surface area contributed by atoms with Crippen LogP contribution < -0.4 is 5.32 Å². The maximum absolute atomic E-state index is 4.22. The van der Waals surface area contributed by atoms with Crippen LogP contribution >= 0.6 is 0 Å². The average Bonchev–Trinajstić information content (AvgIpc) is 2.90. The Balaban J connectivity index is 2.51. The van der Waals surface area contributed by atoms with Crippen molar-refractivity contribution in [3.63, 3.8) is 0 Å². The van der Waals surface area contributed by atoms with Crippen LogP contribution in [0.2, 0.25) is 0 Å². The van der Waals surface area contributed by atoms with Gasteiger partial charge in [-0.25, -0.2) is 4.68 Å². The molecule has 1 heterocycles. The topological polar surface area (TPSA) is 42.7 Å². The standard InChI is InChI=1S/C16H32N4/c1-4-7-8-9-10-11-15(17-12-5-2)16-14-18-19-20(16)13-6-3/h14-15,17H,4-13H2,1-3H3. The van der Waals surface area contributed by atoms with Gasteiger partial charge in [0, 0.05) is 6.54 Å². The molecule has 0 aliphatic carbocycles. The minimum atomic E-state index is 0.415. The first-order valence-electron chi connectivity index (χ1n) is 8.45. The van der Waals surface area contributed by atoms with Crippen molar-refractivity contribution >= 4 is 0 Å². The first-order chi connectivity index (χ1) is 9.83. The van der Waals surface area contributed by atoms with Crippen LogP contribution in [0, 0.1) is 0 Å². The fraction of sp³-hybridized carbons (Fsp3) is 0.875. The largest absolute Gasteiger partial charge is 0.309 e. The lowest BCUT2D eigenvalue weighted by atomic mass is 10.0. The molecule has 0 saturated carbocycles. The summed E-state index contributed by atoms with van der Waals surface area (Å²) in [5.74, 6) is 0. The molecule has 1 N–H and O–H groups in total. The van der Waals surface area contributed by atoms with Gasteiger partial charge < -0.3 is 5.32 Å². The van der Waals surface area contributed by atoms with Crippen LogP contribution in [0.1, 0.15) is 83.9 Å². The molecule has 1 atom stereocenters. The molecule has 1 aromatic heterocycles. The Bertz CT molecular complexity index is 335. The van der Waals surface area contributed by atoms with Gasteiger partial charge in [-0.2, -0.15) is 0 Å². The zero-order valence-corrected chi connectivity index (χ0v) is 13.6. The molecule has 0 radical (unpaired) electrons. The van der Waals surface area contributed by atoms with Crippen molar-refractivity contribution in [3.05, 3.63) is 11.9 Å². The first-order valence-corrected chi connectivity index (χ1v) is 8.45. The highest BCUT2D eigenvalue weighted by molar-refractivity contribution is 5.02. The second kappa shape index (κ2) is 10.8. The molecular weight excluding hydrogens is 248 g/mol. The number of hydrogen-bond donors (Lipinski definition) is 1. The van der Waals surface area contributed by atoms with E-state index in [1.807, 2.05) is 6.20 Å². The minimum absolute atomic E-state index is 0.415. The summed E-state index contributed by atoms with van der Waals surface area (Å²) >= 11 is 0. The van der Waals surface area contributed by atoms with E-state index in [0.717, 1.165) is 19.5 Å². The molecule has 1 unspecified atom stereocenters. The van der Waals surface area contributed by atoms with E-state index in [2.05, 4.69) is 41.1 Å². The second-order valence-electron chi connectivity index (χ2n) is 5.59. The van der Waals surface area contributed by atoms with Crippen molar-refractivity contribution in [2.75, 3.05) is 6.54 Å². The molecule has 0 spiro atoms. The lowest BCUT2D eigenvalue weighted by Gasteiger charge is -2.19. The van der Waals surface area contributed by atoms with Gasteiger partial charge >= 0.3 is 0 Å². The predicted octanol–water partition coefficient (Wildman–Crippen LogP) is 4.09. The Labute approximate surface area is 124 Å². The van der Waals surface area contributed by atoms with Crippen LogP contribution in [0.25, 0.3) is 0 Å². The monoisotopic (exact) mass is 280 g/mol. The van der Waals surface area contributed by atoms with E-state index in [-0.39, 0.29) is 0 Å². The molecule has 0 fully saturated rings. The fourth-order valence-corrected chi connectivity index (χ4v) is 2.55. The molecule has 4 heteroatoms. The zero-order chi connectivity index (χ0) is 14.6. The summed E-state index contributed by atoms with van der Waals surface area (Å²) in [5.41, 5.74) is 1.26. The number of nitrogens with one attached hydrogen (secondary N) is 1. The molecule has 0 amide bonds. The Hall–Kier alpha value is -0.900. The molecule has 116 valence electrons. The number of aromatic nitrogens is 3. The lowest BCUT2D eigenvalue weighted by Crippen LogP contribution is -2.25. The Morgan fingerprint density at radius 2 is 1.85 bits per heavy atom. The molecule has 0 saturated heterocycles. The smallest absolute Gasteiger partial charge is 0.0756 e. The molecule has 0 aliphatic rings. The fourth-order valence-electron chi connectivity index (χ4n) is 2.55. The normalized spacial score (nSPS) is 12.8. The summed E-state index contributed by atoms with van der Waals surface area (Å²) in [5, 5.41) is 12.0. The minimum Gasteiger partial charge on any atom is -0.309 e. The molecule has 0 aliphatic heterocycles. The van der Waals surface area contributed by atoms with Crippen molar-refractivity contribution in [3.8, 4) is 0 Å². The Morgan fingerprint density at radius 1 is 1.05 bits per heavy atom. The van der Waals surface area contributed by atoms with E-state index < -0.39 is 0 Å². The number of rotatable bonds is 12. The highest BCUT2D eigenvalue weighted by Crippen LogP contribution is 2.20. The summed E-state index contributed by atoms with van der Waals surface area (Å²) in [6, 6.07) is 0.415. The SMILES string of the molecule is CCCCCCCC(NCCC)c1cnnn1CCC. The van der Waals surface area contributed by atoms with E-state index in [1.54, 1.807) is 0 Å². The van der Waals surface area contributed by atoms with Crippen LogP contribution in [0.4, 0.5) is 0 Å². The van der Waals surface area contributed by atoms with Gasteiger partial charge in [0.1, 0.15) is 0 Å². The third-order valence-corrected chi connectivity index (χ3v) is 3.68. The molecular formula is C16H32N4. The van der Waals surface area contributed by atoms with E-state index in [4.69, 9.17) is 0 Å². The van der Waals surface area contributed by atoms with Gasteiger partial charge in [0.2, 0.25) is 0 Å². The Kier molecular flexibility index (Phi) is 9.29. The Morgan fingerprint density at radius 3 is 2.55 bits per heavy atom. The molecule has 0 aromatic carbocycles. The average molecular weight is 280 g/mol. The number of hydrogen-bond acceptors (Lipinski definition) is 3. The lowest BCUT2D eigenvalue weighted by molar-refractivity contribution is 0.428. The maximum Gasteiger partial charge on any atom is 0.0756 e. The van der Waals surface area contributed by atoms with Crippen molar-refractivity contribution < 1.29 is 0 Å². The zero-order valence-electron chi connectivity index (χ0n) is 13.6. The molecule has 20 heavy (non-hydrogen) atoms. The van der Waals surface area contributed by atoms with Gasteiger partial charge in [0.15, 0.2) is 0 Å². The molecule has 0 bridgehead atoms. The van der Waals surface area contributed by atoms with Gasteiger partial charge in [-0.1, -0.05) is 58.1 Å². The summed E-state index contributed by atoms with van der Waals surface area (Å²) in [6.07, 6.45) is 12.1. The van der Waals surface area contributed by atoms with Crippen LogP contribution in [-0.4, -0.2) is 21.5 Å². The second-order valence-corrected chi connectivity index (χ2v) is 5.59. The van der Waals surface area contributed by atoms with Crippen molar-refractivity contribution in [2.45, 2.75) is 84.7 Å². The maximum atomic E-state index is 4.22. The van der Waals surface area contributed by atoms with Crippen LogP contribution in [0.3, 0.4) is 0 Å². The first kappa shape index (κ1) is 17.2. The highest BCUT2D eigenvalue weighted by atomic mass is 15.4. The summed E-state index contributed by atoms with van der Waals surface area (Å²) in [4.78, 5) is 0. The van der Waals surface area contributed by atoms with E-state index in [0.29, 0.717) is 6.04 Å². The number of unbranched alkanes of at least 4 members (excludes halogenated alkanes) is 4. The third kappa shape index (κ3) is 6.04.